The lowest BCUT2D eigenvalue weighted by Crippen LogP contribution is -2.54. The van der Waals surface area contributed by atoms with Crippen molar-refractivity contribution in [2.75, 3.05) is 14.1 Å². The molecule has 2 heterocycles. The van der Waals surface area contributed by atoms with Crippen molar-refractivity contribution in [1.82, 2.24) is 4.90 Å². The van der Waals surface area contributed by atoms with Gasteiger partial charge >= 0.3 is 5.97 Å². The first-order valence-corrected chi connectivity index (χ1v) is 14.2. The zero-order chi connectivity index (χ0) is 29.3. The zero-order valence-corrected chi connectivity index (χ0v) is 25.2. The molecule has 2 aliphatic rings. The number of hydrogen-bond donors (Lipinski definition) is 3. The average Bonchev–Trinajstić information content (AvgIpc) is 2.84. The van der Waals surface area contributed by atoms with E-state index in [1.807, 2.05) is 21.0 Å². The molecule has 2 aliphatic heterocycles. The van der Waals surface area contributed by atoms with Crippen LogP contribution in [0.5, 0.6) is 0 Å². The second-order valence-corrected chi connectivity index (χ2v) is 12.7. The fourth-order valence-electron chi connectivity index (χ4n) is 6.25. The van der Waals surface area contributed by atoms with E-state index in [2.05, 4.69) is 11.8 Å². The Morgan fingerprint density at radius 2 is 1.47 bits per heavy atom. The third-order valence-electron chi connectivity index (χ3n) is 9.39. The quantitative estimate of drug-likeness (QED) is 0.461. The Morgan fingerprint density at radius 3 is 2.03 bits per heavy atom. The number of Topliss-reactive ketones (excluding diaryl/α,β-unsaturated/α-hetero) is 1. The molecule has 0 bridgehead atoms. The fourth-order valence-corrected chi connectivity index (χ4v) is 6.25. The molecule has 0 spiro atoms. The summed E-state index contributed by atoms with van der Waals surface area (Å²) in [6.07, 6.45) is -3.94. The second-order valence-electron chi connectivity index (χ2n) is 12.7. The van der Waals surface area contributed by atoms with E-state index >= 15 is 0 Å². The van der Waals surface area contributed by atoms with Gasteiger partial charge in [-0.3, -0.25) is 9.59 Å². The lowest BCUT2D eigenvalue weighted by molar-refractivity contribution is -0.259. The standard InChI is InChI=1S/C29H53NO8/c1-14-13-29(9,35)27(33)18(5)26(38-23-12-22(30(10)11)15(2)20(7)36-23)19(6)28(34)37-21(8)16(3)25(32)17(4)24(14)31/h14-23,25-27,32-33,35H,12-13H2,1-11H3/t14-,15?,16+,17+,18+,19-,20?,21-,22?,23?,25+,26+,27-,29-/m1/s1. The summed E-state index contributed by atoms with van der Waals surface area (Å²) in [5.41, 5.74) is -1.64. The molecule has 4 unspecified atom stereocenters. The van der Waals surface area contributed by atoms with Crippen LogP contribution >= 0.6 is 0 Å². The van der Waals surface area contributed by atoms with E-state index in [9.17, 15) is 24.9 Å². The van der Waals surface area contributed by atoms with Crippen LogP contribution in [0.25, 0.3) is 0 Å². The maximum absolute atomic E-state index is 13.4. The van der Waals surface area contributed by atoms with Crippen molar-refractivity contribution in [2.24, 2.45) is 35.5 Å². The Hall–Kier alpha value is -1.10. The van der Waals surface area contributed by atoms with E-state index in [4.69, 9.17) is 14.2 Å². The van der Waals surface area contributed by atoms with Gasteiger partial charge in [-0.2, -0.15) is 0 Å². The highest BCUT2D eigenvalue weighted by molar-refractivity contribution is 5.83. The van der Waals surface area contributed by atoms with Crippen molar-refractivity contribution in [1.29, 1.82) is 0 Å². The first-order chi connectivity index (χ1) is 17.4. The van der Waals surface area contributed by atoms with Crippen molar-refractivity contribution in [2.45, 2.75) is 124 Å². The van der Waals surface area contributed by atoms with Crippen LogP contribution in [0.3, 0.4) is 0 Å². The Morgan fingerprint density at radius 1 is 0.895 bits per heavy atom. The molecule has 9 heteroatoms. The highest BCUT2D eigenvalue weighted by atomic mass is 16.7. The minimum absolute atomic E-state index is 0.00105. The summed E-state index contributed by atoms with van der Waals surface area (Å²) in [6, 6.07) is 0.198. The molecule has 14 atom stereocenters. The number of carbonyl (C=O) groups excluding carboxylic acids is 2. The zero-order valence-electron chi connectivity index (χ0n) is 25.2. The molecule has 0 amide bonds. The van der Waals surface area contributed by atoms with Crippen LogP contribution in [0, 0.1) is 35.5 Å². The smallest absolute Gasteiger partial charge is 0.311 e. The Kier molecular flexibility index (Phi) is 11.4. The molecular weight excluding hydrogens is 490 g/mol. The number of hydrogen-bond acceptors (Lipinski definition) is 9. The number of rotatable bonds is 3. The maximum atomic E-state index is 13.4. The molecular formula is C29H53NO8. The lowest BCUT2D eigenvalue weighted by atomic mass is 9.75. The minimum Gasteiger partial charge on any atom is -0.462 e. The topological polar surface area (TPSA) is 126 Å². The van der Waals surface area contributed by atoms with Crippen molar-refractivity contribution in [3.8, 4) is 0 Å². The third-order valence-corrected chi connectivity index (χ3v) is 9.39. The Bertz CT molecular complexity index is 803. The van der Waals surface area contributed by atoms with Gasteiger partial charge < -0.3 is 34.4 Å². The summed E-state index contributed by atoms with van der Waals surface area (Å²) in [4.78, 5) is 28.6. The summed E-state index contributed by atoms with van der Waals surface area (Å²) >= 11 is 0. The molecule has 0 aromatic heterocycles. The highest BCUT2D eigenvalue weighted by Crippen LogP contribution is 2.36. The molecule has 38 heavy (non-hydrogen) atoms. The molecule has 0 radical (unpaired) electrons. The number of esters is 1. The molecule has 0 aromatic rings. The minimum atomic E-state index is -1.64. The van der Waals surface area contributed by atoms with Gasteiger partial charge in [0.05, 0.1) is 35.9 Å². The van der Waals surface area contributed by atoms with Gasteiger partial charge in [0.1, 0.15) is 11.9 Å². The first kappa shape index (κ1) is 33.1. The highest BCUT2D eigenvalue weighted by Gasteiger charge is 2.47. The molecule has 2 saturated heterocycles. The third kappa shape index (κ3) is 7.34. The summed E-state index contributed by atoms with van der Waals surface area (Å²) in [7, 11) is 4.03. The molecule has 3 N–H and O–H groups in total. The molecule has 2 rings (SSSR count). The molecule has 0 aromatic carbocycles. The van der Waals surface area contributed by atoms with Crippen LogP contribution in [0.1, 0.15) is 75.2 Å². The number of nitrogens with zero attached hydrogens (tertiary/aromatic N) is 1. The summed E-state index contributed by atoms with van der Waals surface area (Å²) < 4.78 is 18.4. The van der Waals surface area contributed by atoms with Crippen molar-refractivity contribution >= 4 is 11.8 Å². The monoisotopic (exact) mass is 543 g/mol. The predicted molar refractivity (Wildman–Crippen MR) is 144 cm³/mol. The number of carbonyl (C=O) groups is 2. The molecule has 9 nitrogen and oxygen atoms in total. The summed E-state index contributed by atoms with van der Waals surface area (Å²) in [5, 5.41) is 33.6. The van der Waals surface area contributed by atoms with Crippen LogP contribution in [0.2, 0.25) is 0 Å². The van der Waals surface area contributed by atoms with Crippen molar-refractivity contribution in [3.05, 3.63) is 0 Å². The average molecular weight is 544 g/mol. The van der Waals surface area contributed by atoms with Gasteiger partial charge in [-0.15, -0.1) is 0 Å². The number of ketones is 1. The summed E-state index contributed by atoms with van der Waals surface area (Å²) in [5.74, 6) is -3.78. The van der Waals surface area contributed by atoms with E-state index in [-0.39, 0.29) is 30.3 Å². The molecule has 0 saturated carbocycles. The Balaban J connectivity index is 2.45. The Labute approximate surface area is 229 Å². The maximum Gasteiger partial charge on any atom is 0.311 e. The predicted octanol–water partition coefficient (Wildman–Crippen LogP) is 2.63. The number of aliphatic hydroxyl groups excluding tert-OH is 2. The van der Waals surface area contributed by atoms with E-state index in [1.54, 1.807) is 41.5 Å². The number of ether oxygens (including phenoxy) is 3. The van der Waals surface area contributed by atoms with Crippen molar-refractivity contribution in [3.63, 3.8) is 0 Å². The molecule has 2 fully saturated rings. The van der Waals surface area contributed by atoms with Gasteiger partial charge in [-0.25, -0.2) is 0 Å². The van der Waals surface area contributed by atoms with E-state index in [0.717, 1.165) is 0 Å². The normalized spacial score (nSPS) is 48.4. The largest absolute Gasteiger partial charge is 0.462 e. The van der Waals surface area contributed by atoms with E-state index < -0.39 is 71.9 Å². The van der Waals surface area contributed by atoms with Gasteiger partial charge in [-0.05, 0) is 54.1 Å². The van der Waals surface area contributed by atoms with Crippen LogP contribution in [0.4, 0.5) is 0 Å². The van der Waals surface area contributed by atoms with Gasteiger partial charge in [0.2, 0.25) is 0 Å². The van der Waals surface area contributed by atoms with Crippen molar-refractivity contribution < 1.29 is 39.1 Å². The molecule has 222 valence electrons. The SMILES string of the molecule is CC1OC(O[C@H]2[C@H](C)[C@@H](O)[C@](C)(O)C[C@@H](C)C(=O)[C@H](C)[C@@H](O)[C@@H](C)[C@@H](C)OC(=O)[C@@H]2C)CC(N(C)C)C1C. The van der Waals surface area contributed by atoms with E-state index in [1.165, 1.54) is 6.92 Å². The summed E-state index contributed by atoms with van der Waals surface area (Å²) in [6.45, 7) is 15.9. The number of aliphatic hydroxyl groups is 3. The van der Waals surface area contributed by atoms with Gasteiger partial charge in [0.15, 0.2) is 6.29 Å². The molecule has 0 aliphatic carbocycles. The van der Waals surface area contributed by atoms with Gasteiger partial charge in [0, 0.05) is 36.1 Å². The van der Waals surface area contributed by atoms with Crippen LogP contribution in [0.15, 0.2) is 0 Å². The van der Waals surface area contributed by atoms with Crippen LogP contribution < -0.4 is 0 Å². The number of cyclic esters (lactones) is 1. The van der Waals surface area contributed by atoms with Crippen LogP contribution in [-0.2, 0) is 23.8 Å². The van der Waals surface area contributed by atoms with Gasteiger partial charge in [-0.1, -0.05) is 34.6 Å². The van der Waals surface area contributed by atoms with Crippen LogP contribution in [-0.4, -0.2) is 94.5 Å². The van der Waals surface area contributed by atoms with E-state index in [0.29, 0.717) is 6.42 Å². The van der Waals surface area contributed by atoms with Gasteiger partial charge in [0.25, 0.3) is 0 Å². The first-order valence-electron chi connectivity index (χ1n) is 14.2. The lowest BCUT2D eigenvalue weighted by Gasteiger charge is -2.45. The fraction of sp³-hybridized carbons (Fsp3) is 0.931. The second kappa shape index (κ2) is 13.0.